The highest BCUT2D eigenvalue weighted by Crippen LogP contribution is 2.66. The zero-order valence-corrected chi connectivity index (χ0v) is 23.6. The summed E-state index contributed by atoms with van der Waals surface area (Å²) in [5.74, 6) is -4.44. The Hall–Kier alpha value is -2.90. The van der Waals surface area contributed by atoms with Crippen LogP contribution in [-0.2, 0) is 19.2 Å². The number of aromatic hydroxyl groups is 1. The molecule has 3 aliphatic carbocycles. The number of hydrogen-bond donors (Lipinski definition) is 1. The summed E-state index contributed by atoms with van der Waals surface area (Å²) in [6, 6.07) is 10.8. The Balaban J connectivity index is 1.41. The normalized spacial score (nSPS) is 36.1. The second-order valence-electron chi connectivity index (χ2n) is 12.1. The van der Waals surface area contributed by atoms with Crippen molar-refractivity contribution < 1.29 is 24.3 Å². The molecule has 9 heteroatoms. The third-order valence-electron chi connectivity index (χ3n) is 10.2. The average Bonchev–Trinajstić information content (AvgIpc) is 3.29. The lowest BCUT2D eigenvalue weighted by Gasteiger charge is -2.50. The Bertz CT molecular complexity index is 1530. The molecule has 2 aliphatic heterocycles. The third kappa shape index (κ3) is 3.14. The molecule has 4 amide bonds. The first-order valence-electron chi connectivity index (χ1n) is 14.1. The van der Waals surface area contributed by atoms with Crippen LogP contribution in [0.1, 0.15) is 56.4 Å². The maximum Gasteiger partial charge on any atom is 0.253 e. The van der Waals surface area contributed by atoms with Crippen molar-refractivity contribution in [3.05, 3.63) is 53.6 Å². The van der Waals surface area contributed by atoms with Gasteiger partial charge in [-0.15, -0.1) is 23.2 Å². The van der Waals surface area contributed by atoms with E-state index in [0.29, 0.717) is 22.9 Å². The summed E-state index contributed by atoms with van der Waals surface area (Å²) in [6.07, 6.45) is 6.87. The molecule has 4 fully saturated rings. The molecule has 6 unspecified atom stereocenters. The van der Waals surface area contributed by atoms with Gasteiger partial charge >= 0.3 is 0 Å². The van der Waals surface area contributed by atoms with Crippen molar-refractivity contribution in [3.8, 4) is 5.75 Å². The molecule has 2 aromatic carbocycles. The topological polar surface area (TPSA) is 95.0 Å². The lowest BCUT2D eigenvalue weighted by Crippen LogP contribution is -2.60. The van der Waals surface area contributed by atoms with Gasteiger partial charge in [0, 0.05) is 30.0 Å². The van der Waals surface area contributed by atoms with Crippen molar-refractivity contribution in [2.75, 3.05) is 7.05 Å². The number of nitrogens with zero attached hydrogens (tertiary/aromatic N) is 2. The number of imide groups is 2. The number of allylic oxidation sites excluding steroid dienone is 2. The van der Waals surface area contributed by atoms with Gasteiger partial charge in [-0.3, -0.25) is 29.0 Å². The molecule has 0 bridgehead atoms. The van der Waals surface area contributed by atoms with E-state index in [4.69, 9.17) is 23.2 Å². The van der Waals surface area contributed by atoms with E-state index in [9.17, 15) is 24.3 Å². The summed E-state index contributed by atoms with van der Waals surface area (Å²) in [6.45, 7) is 0. The van der Waals surface area contributed by atoms with Crippen molar-refractivity contribution >= 4 is 57.6 Å². The van der Waals surface area contributed by atoms with Gasteiger partial charge in [0.15, 0.2) is 9.75 Å². The molecule has 2 heterocycles. The minimum absolute atomic E-state index is 0.0393. The molecule has 0 radical (unpaired) electrons. The average molecular weight is 581 g/mol. The first-order valence-corrected chi connectivity index (χ1v) is 14.8. The van der Waals surface area contributed by atoms with E-state index in [1.165, 1.54) is 11.9 Å². The molecule has 208 valence electrons. The third-order valence-corrected chi connectivity index (χ3v) is 11.6. The predicted octanol–water partition coefficient (Wildman–Crippen LogP) is 4.87. The SMILES string of the molecule is CN1C(=O)C2(Cl)CC3C(=CCC4C(=O)N(C5CCCCC5)C(=O)C43)C(c3ccc4ccccc4c3O)C2(Cl)C1=O. The quantitative estimate of drug-likeness (QED) is 0.311. The number of carbonyl (C=O) groups is 4. The first kappa shape index (κ1) is 26.0. The van der Waals surface area contributed by atoms with E-state index in [-0.39, 0.29) is 30.0 Å². The summed E-state index contributed by atoms with van der Waals surface area (Å²) in [7, 11) is 1.37. The molecule has 2 saturated carbocycles. The monoisotopic (exact) mass is 580 g/mol. The molecule has 0 spiro atoms. The highest BCUT2D eigenvalue weighted by molar-refractivity contribution is 6.53. The number of phenolic OH excluding ortho intramolecular Hbond substituents is 1. The lowest BCUT2D eigenvalue weighted by atomic mass is 9.56. The highest BCUT2D eigenvalue weighted by Gasteiger charge is 2.76. The number of halogens is 2. The largest absolute Gasteiger partial charge is 0.507 e. The second kappa shape index (κ2) is 8.80. The van der Waals surface area contributed by atoms with Gasteiger partial charge in [-0.05, 0) is 37.0 Å². The summed E-state index contributed by atoms with van der Waals surface area (Å²) in [5.41, 5.74) is 1.08. The number of hydrogen-bond acceptors (Lipinski definition) is 5. The molecule has 1 N–H and O–H groups in total. The lowest BCUT2D eigenvalue weighted by molar-refractivity contribution is -0.144. The van der Waals surface area contributed by atoms with Crippen molar-refractivity contribution in [2.24, 2.45) is 17.8 Å². The maximum absolute atomic E-state index is 14.1. The first-order chi connectivity index (χ1) is 19.1. The Morgan fingerprint density at radius 3 is 2.38 bits per heavy atom. The minimum Gasteiger partial charge on any atom is -0.507 e. The molecule has 7 nitrogen and oxygen atoms in total. The number of carbonyl (C=O) groups excluding carboxylic acids is 4. The molecule has 6 atom stereocenters. The fourth-order valence-electron chi connectivity index (χ4n) is 8.32. The second-order valence-corrected chi connectivity index (χ2v) is 13.3. The predicted molar refractivity (Wildman–Crippen MR) is 150 cm³/mol. The highest BCUT2D eigenvalue weighted by atomic mass is 35.5. The molecule has 5 aliphatic rings. The standard InChI is InChI=1S/C31H30Cl2N2O5/c1-34-28(39)30(32)15-22-19(13-14-20-23(22)27(38)35(26(20)37)17-8-3-2-4-9-17)24(31(30,33)29(34)40)21-12-11-16-7-5-6-10-18(16)25(21)36/h5-7,10-13,17,20,22-24,36H,2-4,8-9,14-15H2,1H3. The summed E-state index contributed by atoms with van der Waals surface area (Å²) < 4.78 is 0. The molecule has 40 heavy (non-hydrogen) atoms. The molecule has 7 rings (SSSR count). The van der Waals surface area contributed by atoms with Gasteiger partial charge in [0.1, 0.15) is 5.75 Å². The zero-order chi connectivity index (χ0) is 28.1. The number of phenols is 1. The number of alkyl halides is 2. The maximum atomic E-state index is 14.1. The smallest absolute Gasteiger partial charge is 0.253 e. The van der Waals surface area contributed by atoms with Crippen LogP contribution in [0, 0.1) is 17.8 Å². The number of rotatable bonds is 2. The number of fused-ring (bicyclic) bond motifs is 5. The van der Waals surface area contributed by atoms with E-state index >= 15 is 0 Å². The van der Waals surface area contributed by atoms with Crippen molar-refractivity contribution in [1.82, 2.24) is 9.80 Å². The van der Waals surface area contributed by atoms with Gasteiger partial charge < -0.3 is 5.11 Å². The summed E-state index contributed by atoms with van der Waals surface area (Å²) >= 11 is 14.5. The van der Waals surface area contributed by atoms with Crippen LogP contribution in [0.25, 0.3) is 10.8 Å². The van der Waals surface area contributed by atoms with Gasteiger partial charge in [-0.2, -0.15) is 0 Å². The van der Waals surface area contributed by atoms with Crippen LogP contribution >= 0.6 is 23.2 Å². The molecular weight excluding hydrogens is 551 g/mol. The molecule has 2 saturated heterocycles. The summed E-state index contributed by atoms with van der Waals surface area (Å²) in [4.78, 5) is 53.8. The molecule has 2 aromatic rings. The number of amides is 4. The Morgan fingerprint density at radius 1 is 0.900 bits per heavy atom. The molecule has 0 aromatic heterocycles. The fraction of sp³-hybridized carbons (Fsp3) is 0.484. The van der Waals surface area contributed by atoms with Gasteiger partial charge in [-0.25, -0.2) is 0 Å². The van der Waals surface area contributed by atoms with Crippen LogP contribution in [0.2, 0.25) is 0 Å². The van der Waals surface area contributed by atoms with Crippen molar-refractivity contribution in [1.29, 1.82) is 0 Å². The van der Waals surface area contributed by atoms with Gasteiger partial charge in [0.25, 0.3) is 11.8 Å². The van der Waals surface area contributed by atoms with Crippen LogP contribution in [0.3, 0.4) is 0 Å². The fourth-order valence-corrected chi connectivity index (χ4v) is 9.33. The van der Waals surface area contributed by atoms with E-state index in [1.54, 1.807) is 12.1 Å². The van der Waals surface area contributed by atoms with Crippen molar-refractivity contribution in [2.45, 2.75) is 66.7 Å². The van der Waals surface area contributed by atoms with Crippen LogP contribution in [0.4, 0.5) is 0 Å². The minimum atomic E-state index is -1.91. The van der Waals surface area contributed by atoms with E-state index in [1.807, 2.05) is 30.3 Å². The van der Waals surface area contributed by atoms with Crippen LogP contribution in [0.15, 0.2) is 48.0 Å². The van der Waals surface area contributed by atoms with Crippen molar-refractivity contribution in [3.63, 3.8) is 0 Å². The Morgan fingerprint density at radius 2 is 1.62 bits per heavy atom. The van der Waals surface area contributed by atoms with Crippen LogP contribution < -0.4 is 0 Å². The number of likely N-dealkylation sites (tertiary alicyclic amines) is 2. The Kier molecular flexibility index (Phi) is 5.72. The number of benzene rings is 2. The van der Waals surface area contributed by atoms with Gasteiger partial charge in [0.05, 0.1) is 11.8 Å². The van der Waals surface area contributed by atoms with Crippen LogP contribution in [-0.4, -0.2) is 61.4 Å². The van der Waals surface area contributed by atoms with Crippen LogP contribution in [0.5, 0.6) is 5.75 Å². The Labute approximate surface area is 242 Å². The summed E-state index contributed by atoms with van der Waals surface area (Å²) in [5, 5.41) is 12.9. The van der Waals surface area contributed by atoms with E-state index < -0.39 is 45.2 Å². The molecular formula is C31H30Cl2N2O5. The van der Waals surface area contributed by atoms with E-state index in [2.05, 4.69) is 0 Å². The van der Waals surface area contributed by atoms with Gasteiger partial charge in [0.2, 0.25) is 11.8 Å². The van der Waals surface area contributed by atoms with E-state index in [0.717, 1.165) is 42.4 Å². The van der Waals surface area contributed by atoms with Gasteiger partial charge in [-0.1, -0.05) is 67.3 Å². The zero-order valence-electron chi connectivity index (χ0n) is 22.1.